The molecular weight excluding hydrogens is 344 g/mol. The Bertz CT molecular complexity index is 807. The van der Waals surface area contributed by atoms with Crippen molar-refractivity contribution in [1.82, 2.24) is 4.90 Å². The van der Waals surface area contributed by atoms with Gasteiger partial charge in [-0.1, -0.05) is 6.07 Å². The SMILES string of the molecule is Cc1ccc(C(=O)N2CC[C@@H](Oc3cc(F)cc(F)c3)[C@H](O)C2)c(O)c1. The molecule has 2 aromatic rings. The Morgan fingerprint density at radius 3 is 2.50 bits per heavy atom. The van der Waals surface area contributed by atoms with E-state index in [9.17, 15) is 23.8 Å². The molecule has 0 saturated carbocycles. The lowest BCUT2D eigenvalue weighted by Gasteiger charge is -2.36. The molecule has 0 spiro atoms. The summed E-state index contributed by atoms with van der Waals surface area (Å²) in [6, 6.07) is 7.57. The van der Waals surface area contributed by atoms with Crippen LogP contribution in [0.1, 0.15) is 22.3 Å². The number of carbonyl (C=O) groups excluding carboxylic acids is 1. The minimum atomic E-state index is -1.02. The van der Waals surface area contributed by atoms with E-state index >= 15 is 0 Å². The third-order valence-electron chi connectivity index (χ3n) is 4.31. The number of phenols is 1. The van der Waals surface area contributed by atoms with Crippen molar-refractivity contribution in [2.75, 3.05) is 13.1 Å². The number of nitrogens with zero attached hydrogens (tertiary/aromatic N) is 1. The number of aromatic hydroxyl groups is 1. The van der Waals surface area contributed by atoms with Gasteiger partial charge in [0.15, 0.2) is 0 Å². The lowest BCUT2D eigenvalue weighted by Crippen LogP contribution is -2.51. The highest BCUT2D eigenvalue weighted by atomic mass is 19.1. The number of benzene rings is 2. The molecule has 1 aliphatic rings. The van der Waals surface area contributed by atoms with Gasteiger partial charge in [-0.2, -0.15) is 0 Å². The molecule has 5 nitrogen and oxygen atoms in total. The van der Waals surface area contributed by atoms with E-state index in [2.05, 4.69) is 0 Å². The number of carbonyl (C=O) groups is 1. The van der Waals surface area contributed by atoms with Crippen molar-refractivity contribution in [2.45, 2.75) is 25.6 Å². The molecule has 2 aromatic carbocycles. The Kier molecular flexibility index (Phi) is 5.08. The largest absolute Gasteiger partial charge is 0.507 e. The summed E-state index contributed by atoms with van der Waals surface area (Å²) >= 11 is 0. The Hall–Kier alpha value is -2.67. The molecule has 0 radical (unpaired) electrons. The average Bonchev–Trinajstić information content (AvgIpc) is 2.55. The molecular formula is C19H19F2NO4. The molecule has 1 saturated heterocycles. The second kappa shape index (κ2) is 7.29. The maximum atomic E-state index is 13.2. The van der Waals surface area contributed by atoms with Gasteiger partial charge in [-0.3, -0.25) is 4.79 Å². The van der Waals surface area contributed by atoms with Gasteiger partial charge < -0.3 is 19.8 Å². The zero-order chi connectivity index (χ0) is 18.8. The quantitative estimate of drug-likeness (QED) is 0.880. The molecule has 0 bridgehead atoms. The molecule has 2 N–H and O–H groups in total. The topological polar surface area (TPSA) is 70.0 Å². The van der Waals surface area contributed by atoms with Crippen LogP contribution in [0.3, 0.4) is 0 Å². The van der Waals surface area contributed by atoms with E-state index in [1.54, 1.807) is 13.0 Å². The number of hydrogen-bond acceptors (Lipinski definition) is 4. The molecule has 1 fully saturated rings. The molecule has 1 aliphatic heterocycles. The molecule has 0 aromatic heterocycles. The second-order valence-electron chi connectivity index (χ2n) is 6.39. The van der Waals surface area contributed by atoms with E-state index in [1.165, 1.54) is 17.0 Å². The van der Waals surface area contributed by atoms with Crippen LogP contribution in [0.15, 0.2) is 36.4 Å². The first-order valence-corrected chi connectivity index (χ1v) is 8.23. The number of aliphatic hydroxyl groups is 1. The first kappa shape index (κ1) is 18.1. The van der Waals surface area contributed by atoms with Crippen molar-refractivity contribution in [2.24, 2.45) is 0 Å². The van der Waals surface area contributed by atoms with E-state index in [0.29, 0.717) is 0 Å². The number of likely N-dealkylation sites (tertiary alicyclic amines) is 1. The molecule has 0 aliphatic carbocycles. The van der Waals surface area contributed by atoms with Gasteiger partial charge in [0.1, 0.15) is 35.3 Å². The van der Waals surface area contributed by atoms with Crippen LogP contribution in [0.2, 0.25) is 0 Å². The van der Waals surface area contributed by atoms with Crippen LogP contribution < -0.4 is 4.74 Å². The van der Waals surface area contributed by atoms with E-state index in [1.807, 2.05) is 0 Å². The van der Waals surface area contributed by atoms with Crippen LogP contribution in [0.5, 0.6) is 11.5 Å². The summed E-state index contributed by atoms with van der Waals surface area (Å²) in [7, 11) is 0. The van der Waals surface area contributed by atoms with Crippen LogP contribution in [0.25, 0.3) is 0 Å². The molecule has 138 valence electrons. The first-order valence-electron chi connectivity index (χ1n) is 8.23. The zero-order valence-corrected chi connectivity index (χ0v) is 14.2. The summed E-state index contributed by atoms with van der Waals surface area (Å²) in [5.74, 6) is -2.05. The maximum Gasteiger partial charge on any atom is 0.257 e. The summed E-state index contributed by atoms with van der Waals surface area (Å²) in [5, 5.41) is 20.2. The van der Waals surface area contributed by atoms with Crippen molar-refractivity contribution >= 4 is 5.91 Å². The number of ether oxygens (including phenoxy) is 1. The summed E-state index contributed by atoms with van der Waals surface area (Å²) in [6.07, 6.45) is -1.42. The van der Waals surface area contributed by atoms with Crippen molar-refractivity contribution < 1.29 is 28.5 Å². The van der Waals surface area contributed by atoms with Crippen molar-refractivity contribution in [3.05, 3.63) is 59.2 Å². The fourth-order valence-corrected chi connectivity index (χ4v) is 3.00. The number of amides is 1. The smallest absolute Gasteiger partial charge is 0.257 e. The number of hydrogen-bond donors (Lipinski definition) is 2. The predicted molar refractivity (Wildman–Crippen MR) is 90.1 cm³/mol. The predicted octanol–water partition coefficient (Wildman–Crippen LogP) is 2.63. The molecule has 1 heterocycles. The van der Waals surface area contributed by atoms with Crippen molar-refractivity contribution in [1.29, 1.82) is 0 Å². The fourth-order valence-electron chi connectivity index (χ4n) is 3.00. The average molecular weight is 363 g/mol. The van der Waals surface area contributed by atoms with Crippen molar-refractivity contribution in [3.8, 4) is 11.5 Å². The molecule has 1 amide bonds. The van der Waals surface area contributed by atoms with E-state index < -0.39 is 29.7 Å². The molecule has 2 atom stereocenters. The summed E-state index contributed by atoms with van der Waals surface area (Å²) < 4.78 is 32.0. The number of piperidine rings is 1. The van der Waals surface area contributed by atoms with E-state index in [0.717, 1.165) is 23.8 Å². The Labute approximate surface area is 149 Å². The summed E-state index contributed by atoms with van der Waals surface area (Å²) in [6.45, 7) is 2.08. The zero-order valence-electron chi connectivity index (χ0n) is 14.2. The lowest BCUT2D eigenvalue weighted by molar-refractivity contribution is -0.0201. The van der Waals surface area contributed by atoms with Crippen LogP contribution in [0, 0.1) is 18.6 Å². The van der Waals surface area contributed by atoms with E-state index in [-0.39, 0.29) is 36.6 Å². The number of β-amino-alcohol motifs (C(OH)–C–C–N with tert-alkyl or cyclic N) is 1. The number of aliphatic hydroxyl groups excluding tert-OH is 1. The van der Waals surface area contributed by atoms with Crippen LogP contribution in [-0.4, -0.2) is 46.3 Å². The highest BCUT2D eigenvalue weighted by Gasteiger charge is 2.32. The Morgan fingerprint density at radius 2 is 1.88 bits per heavy atom. The van der Waals surface area contributed by atoms with Gasteiger partial charge >= 0.3 is 0 Å². The monoisotopic (exact) mass is 363 g/mol. The molecule has 0 unspecified atom stereocenters. The fraction of sp³-hybridized carbons (Fsp3) is 0.316. The van der Waals surface area contributed by atoms with Crippen LogP contribution in [-0.2, 0) is 0 Å². The van der Waals surface area contributed by atoms with Gasteiger partial charge in [-0.15, -0.1) is 0 Å². The second-order valence-corrected chi connectivity index (χ2v) is 6.39. The van der Waals surface area contributed by atoms with Gasteiger partial charge in [0.25, 0.3) is 5.91 Å². The minimum Gasteiger partial charge on any atom is -0.507 e. The number of phenolic OH excluding ortho intramolecular Hbond substituents is 1. The molecule has 3 rings (SSSR count). The number of aryl methyl sites for hydroxylation is 1. The van der Waals surface area contributed by atoms with Gasteiger partial charge in [0, 0.05) is 31.2 Å². The van der Waals surface area contributed by atoms with E-state index in [4.69, 9.17) is 4.74 Å². The highest BCUT2D eigenvalue weighted by molar-refractivity contribution is 5.97. The first-order chi connectivity index (χ1) is 12.3. The summed E-state index contributed by atoms with van der Waals surface area (Å²) in [4.78, 5) is 14.0. The number of rotatable bonds is 3. The van der Waals surface area contributed by atoms with Gasteiger partial charge in [-0.05, 0) is 24.6 Å². The minimum absolute atomic E-state index is 0.00534. The van der Waals surface area contributed by atoms with Crippen LogP contribution in [0.4, 0.5) is 8.78 Å². The normalized spacial score (nSPS) is 20.1. The van der Waals surface area contributed by atoms with Gasteiger partial charge in [0.2, 0.25) is 0 Å². The van der Waals surface area contributed by atoms with Crippen LogP contribution >= 0.6 is 0 Å². The highest BCUT2D eigenvalue weighted by Crippen LogP contribution is 2.25. The standard InChI is InChI=1S/C19H19F2NO4/c1-11-2-3-15(16(23)6-11)19(25)22-5-4-18(17(24)10-22)26-14-8-12(20)7-13(21)9-14/h2-3,6-9,17-18,23-24H,4-5,10H2,1H3/t17-,18-/m1/s1. The Balaban J connectivity index is 1.67. The third-order valence-corrected chi connectivity index (χ3v) is 4.31. The Morgan fingerprint density at radius 1 is 1.19 bits per heavy atom. The van der Waals surface area contributed by atoms with Crippen molar-refractivity contribution in [3.63, 3.8) is 0 Å². The molecule has 26 heavy (non-hydrogen) atoms. The number of halogens is 2. The van der Waals surface area contributed by atoms with Gasteiger partial charge in [0.05, 0.1) is 12.1 Å². The lowest BCUT2D eigenvalue weighted by atomic mass is 10.0. The molecule has 7 heteroatoms. The maximum absolute atomic E-state index is 13.2. The van der Waals surface area contributed by atoms with Gasteiger partial charge in [-0.25, -0.2) is 8.78 Å². The summed E-state index contributed by atoms with van der Waals surface area (Å²) in [5.41, 5.74) is 0.989. The third kappa shape index (κ3) is 3.94.